The third kappa shape index (κ3) is 5.44. The van der Waals surface area contributed by atoms with Gasteiger partial charge >= 0.3 is 0 Å². The molecule has 1 aliphatic rings. The Morgan fingerprint density at radius 3 is 2.52 bits per heavy atom. The number of anilines is 4. The monoisotopic (exact) mass is 388 g/mol. The maximum absolute atomic E-state index is 4.51. The fourth-order valence-electron chi connectivity index (χ4n) is 3.57. The number of hydrogen-bond donors (Lipinski definition) is 2. The third-order valence-electron chi connectivity index (χ3n) is 5.39. The second-order valence-corrected chi connectivity index (χ2v) is 7.67. The largest absolute Gasteiger partial charge is 0.372 e. The van der Waals surface area contributed by atoms with Crippen molar-refractivity contribution in [3.05, 3.63) is 66.4 Å². The zero-order chi connectivity index (χ0) is 19.9. The van der Waals surface area contributed by atoms with Crippen LogP contribution >= 0.6 is 0 Å². The normalized spacial score (nSPS) is 14.6. The summed E-state index contributed by atoms with van der Waals surface area (Å²) in [5, 5.41) is 14.7. The van der Waals surface area contributed by atoms with Gasteiger partial charge in [-0.1, -0.05) is 37.3 Å². The minimum absolute atomic E-state index is 0.532. The maximum Gasteiger partial charge on any atom is 0.244 e. The topological polar surface area (TPSA) is 66.0 Å². The standard InChI is InChI=1S/C23H28N6/c1-18-12-15-29(16-13-18)21-9-7-20(8-10-21)26-22-17-25-28-23(27-22)24-14-11-19-5-3-2-4-6-19/h2-10,17-18H,11-16H2,1H3,(H2,24,26,27,28). The van der Waals surface area contributed by atoms with Gasteiger partial charge in [0.2, 0.25) is 5.95 Å². The van der Waals surface area contributed by atoms with Crippen LogP contribution in [0.2, 0.25) is 0 Å². The van der Waals surface area contributed by atoms with Gasteiger partial charge in [0.15, 0.2) is 5.82 Å². The van der Waals surface area contributed by atoms with E-state index >= 15 is 0 Å². The first-order chi connectivity index (χ1) is 14.3. The molecule has 0 atom stereocenters. The van der Waals surface area contributed by atoms with Crippen LogP contribution in [0.15, 0.2) is 60.8 Å². The molecule has 0 bridgehead atoms. The summed E-state index contributed by atoms with van der Waals surface area (Å²) in [7, 11) is 0. The van der Waals surface area contributed by atoms with E-state index in [1.54, 1.807) is 6.20 Å². The first kappa shape index (κ1) is 19.2. The highest BCUT2D eigenvalue weighted by Crippen LogP contribution is 2.25. The third-order valence-corrected chi connectivity index (χ3v) is 5.39. The summed E-state index contributed by atoms with van der Waals surface area (Å²) in [5.74, 6) is 2.06. The molecular formula is C23H28N6. The first-order valence-electron chi connectivity index (χ1n) is 10.4. The number of piperidine rings is 1. The molecule has 2 heterocycles. The van der Waals surface area contributed by atoms with Gasteiger partial charge in [-0.25, -0.2) is 0 Å². The van der Waals surface area contributed by atoms with E-state index in [4.69, 9.17) is 0 Å². The average Bonchev–Trinajstić information content (AvgIpc) is 2.76. The lowest BCUT2D eigenvalue weighted by Crippen LogP contribution is -2.32. The Morgan fingerprint density at radius 1 is 1.00 bits per heavy atom. The molecule has 0 amide bonds. The highest BCUT2D eigenvalue weighted by atomic mass is 15.3. The summed E-state index contributed by atoms with van der Waals surface area (Å²) < 4.78 is 0. The van der Waals surface area contributed by atoms with Crippen LogP contribution in [0.25, 0.3) is 0 Å². The van der Waals surface area contributed by atoms with Gasteiger partial charge in [0.1, 0.15) is 0 Å². The molecule has 2 aromatic carbocycles. The molecule has 6 nitrogen and oxygen atoms in total. The summed E-state index contributed by atoms with van der Waals surface area (Å²) in [4.78, 5) is 6.98. The Hall–Kier alpha value is -3.15. The van der Waals surface area contributed by atoms with E-state index in [-0.39, 0.29) is 0 Å². The van der Waals surface area contributed by atoms with Gasteiger partial charge in [0, 0.05) is 31.0 Å². The van der Waals surface area contributed by atoms with Crippen LogP contribution in [0, 0.1) is 5.92 Å². The summed E-state index contributed by atoms with van der Waals surface area (Å²) >= 11 is 0. The van der Waals surface area contributed by atoms with E-state index < -0.39 is 0 Å². The SMILES string of the molecule is CC1CCN(c2ccc(Nc3cnnc(NCCc4ccccc4)n3)cc2)CC1. The second-order valence-electron chi connectivity index (χ2n) is 7.67. The highest BCUT2D eigenvalue weighted by molar-refractivity contribution is 5.61. The van der Waals surface area contributed by atoms with E-state index in [1.165, 1.54) is 24.1 Å². The van der Waals surface area contributed by atoms with Crippen molar-refractivity contribution >= 4 is 23.1 Å². The van der Waals surface area contributed by atoms with Crippen LogP contribution in [0.1, 0.15) is 25.3 Å². The quantitative estimate of drug-likeness (QED) is 0.621. The van der Waals surface area contributed by atoms with Crippen molar-refractivity contribution in [3.8, 4) is 0 Å². The Morgan fingerprint density at radius 2 is 1.76 bits per heavy atom. The van der Waals surface area contributed by atoms with Crippen LogP contribution < -0.4 is 15.5 Å². The second kappa shape index (κ2) is 9.37. The van der Waals surface area contributed by atoms with Gasteiger partial charge in [-0.05, 0) is 55.0 Å². The van der Waals surface area contributed by atoms with Gasteiger partial charge in [0.05, 0.1) is 6.20 Å². The molecule has 0 aliphatic carbocycles. The minimum Gasteiger partial charge on any atom is -0.372 e. The summed E-state index contributed by atoms with van der Waals surface area (Å²) in [6.07, 6.45) is 5.10. The molecule has 29 heavy (non-hydrogen) atoms. The molecule has 6 heteroatoms. The first-order valence-corrected chi connectivity index (χ1v) is 10.4. The maximum atomic E-state index is 4.51. The van der Waals surface area contributed by atoms with Crippen LogP contribution in [0.5, 0.6) is 0 Å². The molecule has 150 valence electrons. The van der Waals surface area contributed by atoms with Crippen molar-refractivity contribution in [2.24, 2.45) is 5.92 Å². The molecule has 0 saturated carbocycles. The number of nitrogens with zero attached hydrogens (tertiary/aromatic N) is 4. The molecule has 1 aliphatic heterocycles. The smallest absolute Gasteiger partial charge is 0.244 e. The Balaban J connectivity index is 1.31. The molecule has 0 unspecified atom stereocenters. The predicted octanol–water partition coefficient (Wildman–Crippen LogP) is 4.51. The van der Waals surface area contributed by atoms with Crippen molar-refractivity contribution in [1.82, 2.24) is 15.2 Å². The number of aromatic nitrogens is 3. The van der Waals surface area contributed by atoms with Crippen molar-refractivity contribution in [1.29, 1.82) is 0 Å². The zero-order valence-electron chi connectivity index (χ0n) is 16.9. The highest BCUT2D eigenvalue weighted by Gasteiger charge is 2.15. The fraction of sp³-hybridized carbons (Fsp3) is 0.348. The van der Waals surface area contributed by atoms with E-state index in [1.807, 2.05) is 6.07 Å². The molecule has 1 fully saturated rings. The number of rotatable bonds is 7. The Kier molecular flexibility index (Phi) is 6.19. The van der Waals surface area contributed by atoms with Crippen LogP contribution in [-0.2, 0) is 6.42 Å². The van der Waals surface area contributed by atoms with Crippen LogP contribution in [0.4, 0.5) is 23.1 Å². The predicted molar refractivity (Wildman–Crippen MR) is 119 cm³/mol. The number of benzene rings is 2. The summed E-state index contributed by atoms with van der Waals surface area (Å²) in [6.45, 7) is 5.38. The summed E-state index contributed by atoms with van der Waals surface area (Å²) in [6, 6.07) is 18.9. The molecule has 2 N–H and O–H groups in total. The lowest BCUT2D eigenvalue weighted by Gasteiger charge is -2.32. The lowest BCUT2D eigenvalue weighted by atomic mass is 9.99. The van der Waals surface area contributed by atoms with E-state index in [9.17, 15) is 0 Å². The molecule has 4 rings (SSSR count). The van der Waals surface area contributed by atoms with E-state index in [0.717, 1.165) is 37.7 Å². The van der Waals surface area contributed by atoms with Gasteiger partial charge in [0.25, 0.3) is 0 Å². The van der Waals surface area contributed by atoms with Crippen LogP contribution in [-0.4, -0.2) is 34.8 Å². The van der Waals surface area contributed by atoms with Crippen molar-refractivity contribution in [2.45, 2.75) is 26.2 Å². The van der Waals surface area contributed by atoms with Gasteiger partial charge in [-0.2, -0.15) is 10.1 Å². The van der Waals surface area contributed by atoms with Crippen LogP contribution in [0.3, 0.4) is 0 Å². The van der Waals surface area contributed by atoms with E-state index in [0.29, 0.717) is 11.8 Å². The van der Waals surface area contributed by atoms with Crippen molar-refractivity contribution < 1.29 is 0 Å². The zero-order valence-corrected chi connectivity index (χ0v) is 16.9. The van der Waals surface area contributed by atoms with Gasteiger partial charge in [-0.15, -0.1) is 5.10 Å². The minimum atomic E-state index is 0.532. The number of nitrogens with one attached hydrogen (secondary N) is 2. The van der Waals surface area contributed by atoms with Gasteiger partial charge < -0.3 is 15.5 Å². The Labute approximate surface area is 172 Å². The van der Waals surface area contributed by atoms with Gasteiger partial charge in [-0.3, -0.25) is 0 Å². The Bertz CT molecular complexity index is 889. The lowest BCUT2D eigenvalue weighted by molar-refractivity contribution is 0.438. The van der Waals surface area contributed by atoms with E-state index in [2.05, 4.69) is 86.2 Å². The molecular weight excluding hydrogens is 360 g/mol. The molecule has 1 aromatic heterocycles. The van der Waals surface area contributed by atoms with Crippen molar-refractivity contribution in [2.75, 3.05) is 35.2 Å². The average molecular weight is 389 g/mol. The number of hydrogen-bond acceptors (Lipinski definition) is 6. The molecule has 1 saturated heterocycles. The molecule has 0 spiro atoms. The molecule has 3 aromatic rings. The van der Waals surface area contributed by atoms with Crippen molar-refractivity contribution in [3.63, 3.8) is 0 Å². The molecule has 0 radical (unpaired) electrons. The summed E-state index contributed by atoms with van der Waals surface area (Å²) in [5.41, 5.74) is 3.56. The fourth-order valence-corrected chi connectivity index (χ4v) is 3.57.